The van der Waals surface area contributed by atoms with Crippen LogP contribution in [0.4, 0.5) is 11.4 Å². The molecule has 2 fully saturated rings. The average Bonchev–Trinajstić information content (AvgIpc) is 3.46. The molecule has 0 spiro atoms. The molecule has 5 nitrogen and oxygen atoms in total. The van der Waals surface area contributed by atoms with E-state index in [0.29, 0.717) is 5.92 Å². The Morgan fingerprint density at radius 2 is 1.80 bits per heavy atom. The van der Waals surface area contributed by atoms with E-state index in [9.17, 15) is 0 Å². The number of rotatable bonds is 3. The topological polar surface area (TPSA) is 47.5 Å². The summed E-state index contributed by atoms with van der Waals surface area (Å²) < 4.78 is 0. The third-order valence-electron chi connectivity index (χ3n) is 7.44. The molecule has 1 aromatic carbocycles. The molecule has 0 unspecified atom stereocenters. The fourth-order valence-electron chi connectivity index (χ4n) is 5.82. The van der Waals surface area contributed by atoms with Gasteiger partial charge < -0.3 is 9.88 Å². The Morgan fingerprint density at radius 3 is 2.67 bits per heavy atom. The quantitative estimate of drug-likeness (QED) is 0.696. The highest BCUT2D eigenvalue weighted by Crippen LogP contribution is 2.38. The van der Waals surface area contributed by atoms with Gasteiger partial charge in [0.05, 0.1) is 5.69 Å². The van der Waals surface area contributed by atoms with Crippen LogP contribution in [0.1, 0.15) is 42.7 Å². The summed E-state index contributed by atoms with van der Waals surface area (Å²) in [6, 6.07) is 11.6. The minimum Gasteiger partial charge on any atom is -0.369 e. The molecule has 0 bridgehead atoms. The van der Waals surface area contributed by atoms with Crippen molar-refractivity contribution in [2.75, 3.05) is 31.1 Å². The van der Waals surface area contributed by atoms with Gasteiger partial charge in [0.1, 0.15) is 5.65 Å². The number of H-pyrrole nitrogens is 1. The van der Waals surface area contributed by atoms with Crippen molar-refractivity contribution < 1.29 is 0 Å². The van der Waals surface area contributed by atoms with Gasteiger partial charge in [0, 0.05) is 73.9 Å². The lowest BCUT2D eigenvalue weighted by atomic mass is 9.81. The first-order chi connectivity index (χ1) is 14.9. The molecule has 5 heteroatoms. The maximum absolute atomic E-state index is 4.52. The minimum absolute atomic E-state index is 0.674. The van der Waals surface area contributed by atoms with Crippen LogP contribution in [0.25, 0.3) is 11.0 Å². The van der Waals surface area contributed by atoms with E-state index in [0.717, 1.165) is 31.2 Å². The molecular weight excluding hydrogens is 370 g/mol. The first kappa shape index (κ1) is 18.1. The fourth-order valence-corrected chi connectivity index (χ4v) is 5.82. The number of benzene rings is 1. The molecule has 0 radical (unpaired) electrons. The number of aliphatic imine (C=N–C) groups is 1. The number of aromatic nitrogens is 2. The lowest BCUT2D eigenvalue weighted by molar-refractivity contribution is 0.141. The zero-order valence-electron chi connectivity index (χ0n) is 17.4. The van der Waals surface area contributed by atoms with Crippen LogP contribution in [0.5, 0.6) is 0 Å². The number of fused-ring (bicyclic) bond motifs is 2. The Kier molecular flexibility index (Phi) is 4.56. The van der Waals surface area contributed by atoms with Gasteiger partial charge in [-0.3, -0.25) is 9.89 Å². The van der Waals surface area contributed by atoms with E-state index in [1.807, 2.05) is 12.4 Å². The molecule has 0 atom stereocenters. The van der Waals surface area contributed by atoms with Gasteiger partial charge in [-0.1, -0.05) is 6.07 Å². The van der Waals surface area contributed by atoms with Crippen LogP contribution < -0.4 is 4.90 Å². The van der Waals surface area contributed by atoms with E-state index in [-0.39, 0.29) is 0 Å². The Morgan fingerprint density at radius 1 is 0.933 bits per heavy atom. The number of hydrogen-bond acceptors (Lipinski definition) is 4. The highest BCUT2D eigenvalue weighted by Gasteiger charge is 2.30. The van der Waals surface area contributed by atoms with Crippen molar-refractivity contribution >= 4 is 28.6 Å². The predicted octanol–water partition coefficient (Wildman–Crippen LogP) is 4.67. The van der Waals surface area contributed by atoms with Gasteiger partial charge in [0.2, 0.25) is 0 Å². The van der Waals surface area contributed by atoms with Crippen molar-refractivity contribution in [3.63, 3.8) is 0 Å². The Labute approximate surface area is 177 Å². The molecule has 154 valence electrons. The normalized spacial score (nSPS) is 24.5. The third-order valence-corrected chi connectivity index (χ3v) is 7.44. The second-order valence-corrected chi connectivity index (χ2v) is 8.96. The summed E-state index contributed by atoms with van der Waals surface area (Å²) in [6.45, 7) is 4.61. The molecule has 30 heavy (non-hydrogen) atoms. The highest BCUT2D eigenvalue weighted by atomic mass is 15.3. The Balaban J connectivity index is 1.07. The van der Waals surface area contributed by atoms with Gasteiger partial charge in [-0.15, -0.1) is 0 Å². The molecule has 1 aliphatic carbocycles. The maximum Gasteiger partial charge on any atom is 0.137 e. The van der Waals surface area contributed by atoms with E-state index in [1.165, 1.54) is 66.7 Å². The summed E-state index contributed by atoms with van der Waals surface area (Å²) >= 11 is 0. The van der Waals surface area contributed by atoms with Gasteiger partial charge in [0.25, 0.3) is 0 Å². The number of pyridine rings is 1. The Bertz CT molecular complexity index is 1070. The van der Waals surface area contributed by atoms with Gasteiger partial charge >= 0.3 is 0 Å². The van der Waals surface area contributed by atoms with E-state index in [2.05, 4.69) is 61.3 Å². The van der Waals surface area contributed by atoms with Gasteiger partial charge in [-0.2, -0.15) is 0 Å². The smallest absolute Gasteiger partial charge is 0.137 e. The van der Waals surface area contributed by atoms with Gasteiger partial charge in [-0.25, -0.2) is 4.98 Å². The van der Waals surface area contributed by atoms with Crippen molar-refractivity contribution in [2.24, 2.45) is 4.99 Å². The lowest BCUT2D eigenvalue weighted by Gasteiger charge is -2.43. The van der Waals surface area contributed by atoms with Gasteiger partial charge in [-0.05, 0) is 61.4 Å². The third kappa shape index (κ3) is 3.12. The first-order valence-corrected chi connectivity index (χ1v) is 11.4. The van der Waals surface area contributed by atoms with Crippen molar-refractivity contribution in [3.8, 4) is 0 Å². The summed E-state index contributed by atoms with van der Waals surface area (Å²) in [6.07, 6.45) is 12.3. The van der Waals surface area contributed by atoms with E-state index in [4.69, 9.17) is 0 Å². The number of aromatic amines is 1. The number of hydrogen-bond donors (Lipinski definition) is 1. The van der Waals surface area contributed by atoms with Crippen molar-refractivity contribution in [3.05, 3.63) is 53.9 Å². The summed E-state index contributed by atoms with van der Waals surface area (Å²) in [5.74, 6) is 0.674. The van der Waals surface area contributed by atoms with E-state index < -0.39 is 0 Å². The van der Waals surface area contributed by atoms with Crippen molar-refractivity contribution in [1.82, 2.24) is 14.9 Å². The van der Waals surface area contributed by atoms with Gasteiger partial charge in [0.15, 0.2) is 0 Å². The number of nitrogens with one attached hydrogen (secondary N) is 1. The van der Waals surface area contributed by atoms with Crippen LogP contribution in [0.15, 0.2) is 47.7 Å². The monoisotopic (exact) mass is 399 g/mol. The summed E-state index contributed by atoms with van der Waals surface area (Å²) in [7, 11) is 0. The zero-order chi connectivity index (χ0) is 19.9. The first-order valence-electron chi connectivity index (χ1n) is 11.4. The van der Waals surface area contributed by atoms with Crippen LogP contribution >= 0.6 is 0 Å². The molecule has 3 aliphatic rings. The Hall–Kier alpha value is -2.66. The fraction of sp³-hybridized carbons (Fsp3) is 0.440. The molecule has 2 aromatic heterocycles. The molecule has 1 N–H and O–H groups in total. The second-order valence-electron chi connectivity index (χ2n) is 8.96. The predicted molar refractivity (Wildman–Crippen MR) is 123 cm³/mol. The SMILES string of the molecule is C1=Nc2cccc(N3CCN(C4CCC(c5c[nH]c6ncccc56)CC4)CC3)c2C1. The van der Waals surface area contributed by atoms with E-state index in [1.54, 1.807) is 0 Å². The van der Waals surface area contributed by atoms with Crippen molar-refractivity contribution in [1.29, 1.82) is 0 Å². The molecule has 2 aliphatic heterocycles. The molecule has 6 rings (SSSR count). The molecular formula is C25H29N5. The summed E-state index contributed by atoms with van der Waals surface area (Å²) in [5, 5.41) is 1.31. The largest absolute Gasteiger partial charge is 0.369 e. The molecule has 1 saturated heterocycles. The van der Waals surface area contributed by atoms with Crippen LogP contribution in [-0.4, -0.2) is 53.3 Å². The molecule has 0 amide bonds. The number of anilines is 1. The van der Waals surface area contributed by atoms with Crippen LogP contribution in [0.2, 0.25) is 0 Å². The molecule has 1 saturated carbocycles. The van der Waals surface area contributed by atoms with Crippen molar-refractivity contribution in [2.45, 2.75) is 44.1 Å². The molecule has 4 heterocycles. The zero-order valence-corrected chi connectivity index (χ0v) is 17.4. The highest BCUT2D eigenvalue weighted by molar-refractivity contribution is 5.82. The molecule has 3 aromatic rings. The second kappa shape index (κ2) is 7.55. The van der Waals surface area contributed by atoms with Crippen LogP contribution in [0, 0.1) is 0 Å². The summed E-state index contributed by atoms with van der Waals surface area (Å²) in [4.78, 5) is 17.7. The summed E-state index contributed by atoms with van der Waals surface area (Å²) in [5.41, 5.74) is 6.49. The lowest BCUT2D eigenvalue weighted by Crippen LogP contribution is -2.51. The maximum atomic E-state index is 4.52. The van der Waals surface area contributed by atoms with E-state index >= 15 is 0 Å². The van der Waals surface area contributed by atoms with Crippen LogP contribution in [0.3, 0.4) is 0 Å². The van der Waals surface area contributed by atoms with Crippen LogP contribution in [-0.2, 0) is 6.42 Å². The standard InChI is InChI=1S/C25H29N5/c1-4-23-21(10-12-26-23)24(5-1)30-15-13-29(14-16-30)19-8-6-18(7-9-19)22-17-28-25-20(22)3-2-11-27-25/h1-5,11-12,17-19H,6-10,13-16H2,(H,27,28). The number of piperazine rings is 1. The number of nitrogens with zero attached hydrogens (tertiary/aromatic N) is 4. The average molecular weight is 400 g/mol. The minimum atomic E-state index is 0.674.